The molecule has 0 unspecified atom stereocenters. The average molecular weight is 246 g/mol. The van der Waals surface area contributed by atoms with Crippen molar-refractivity contribution in [1.82, 2.24) is 0 Å². The molecule has 0 heteroatoms. The van der Waals surface area contributed by atoms with Gasteiger partial charge in [-0.15, -0.1) is 0 Å². The van der Waals surface area contributed by atoms with E-state index in [1.807, 2.05) is 0 Å². The van der Waals surface area contributed by atoms with Crippen molar-refractivity contribution in [2.75, 3.05) is 0 Å². The summed E-state index contributed by atoms with van der Waals surface area (Å²) in [5.41, 5.74) is 5.29. The van der Waals surface area contributed by atoms with E-state index in [4.69, 9.17) is 0 Å². The Balaban J connectivity index is 1.96. The molecular formula is C19H18. The maximum Gasteiger partial charge on any atom is -0.0157 e. The molecule has 0 N–H and O–H groups in total. The van der Waals surface area contributed by atoms with Crippen molar-refractivity contribution in [3.63, 3.8) is 0 Å². The molecule has 2 aliphatic carbocycles. The predicted octanol–water partition coefficient (Wildman–Crippen LogP) is 5.23. The molecular weight excluding hydrogens is 228 g/mol. The highest BCUT2D eigenvalue weighted by molar-refractivity contribution is 5.77. The molecule has 1 aromatic carbocycles. The summed E-state index contributed by atoms with van der Waals surface area (Å²) in [6, 6.07) is 10.6. The Morgan fingerprint density at radius 1 is 0.684 bits per heavy atom. The van der Waals surface area contributed by atoms with Gasteiger partial charge >= 0.3 is 0 Å². The number of rotatable bonds is 2. The Kier molecular flexibility index (Phi) is 3.60. The fraction of sp³-hybridized carbons (Fsp3) is 0.158. The SMILES string of the molecule is C1=CC(C2=CCCC=C2)=CC(c2ccccc2)=CC1. The van der Waals surface area contributed by atoms with E-state index in [9.17, 15) is 0 Å². The molecule has 0 atom stereocenters. The highest BCUT2D eigenvalue weighted by atomic mass is 14.1. The lowest BCUT2D eigenvalue weighted by atomic mass is 9.96. The second-order valence-corrected chi connectivity index (χ2v) is 4.90. The van der Waals surface area contributed by atoms with Crippen molar-refractivity contribution in [1.29, 1.82) is 0 Å². The fourth-order valence-electron chi connectivity index (χ4n) is 2.50. The zero-order valence-electron chi connectivity index (χ0n) is 11.0. The predicted molar refractivity (Wildman–Crippen MR) is 82.7 cm³/mol. The van der Waals surface area contributed by atoms with Gasteiger partial charge in [0.2, 0.25) is 0 Å². The molecule has 0 heterocycles. The van der Waals surface area contributed by atoms with Gasteiger partial charge in [0.1, 0.15) is 0 Å². The van der Waals surface area contributed by atoms with E-state index >= 15 is 0 Å². The zero-order valence-corrected chi connectivity index (χ0v) is 11.0. The van der Waals surface area contributed by atoms with Crippen LogP contribution in [0.5, 0.6) is 0 Å². The summed E-state index contributed by atoms with van der Waals surface area (Å²) in [6.45, 7) is 0. The molecule has 0 amide bonds. The van der Waals surface area contributed by atoms with Gasteiger partial charge < -0.3 is 0 Å². The topological polar surface area (TPSA) is 0 Å². The second-order valence-electron chi connectivity index (χ2n) is 4.90. The largest absolute Gasteiger partial charge is 0.0836 e. The molecule has 0 fully saturated rings. The van der Waals surface area contributed by atoms with E-state index in [1.54, 1.807) is 0 Å². The van der Waals surface area contributed by atoms with Crippen molar-refractivity contribution in [2.24, 2.45) is 0 Å². The van der Waals surface area contributed by atoms with Crippen LogP contribution in [0, 0.1) is 0 Å². The Hall–Kier alpha value is -2.08. The maximum atomic E-state index is 2.34. The van der Waals surface area contributed by atoms with Gasteiger partial charge in [-0.25, -0.2) is 0 Å². The lowest BCUT2D eigenvalue weighted by Crippen LogP contribution is -1.89. The van der Waals surface area contributed by atoms with E-state index in [-0.39, 0.29) is 0 Å². The molecule has 0 aliphatic heterocycles. The van der Waals surface area contributed by atoms with Gasteiger partial charge in [-0.05, 0) is 47.6 Å². The summed E-state index contributed by atoms with van der Waals surface area (Å²) >= 11 is 0. The minimum Gasteiger partial charge on any atom is -0.0836 e. The van der Waals surface area contributed by atoms with Crippen LogP contribution < -0.4 is 0 Å². The number of hydrogen-bond donors (Lipinski definition) is 0. The second kappa shape index (κ2) is 5.71. The van der Waals surface area contributed by atoms with Crippen LogP contribution in [0.3, 0.4) is 0 Å². The smallest absolute Gasteiger partial charge is 0.0157 e. The summed E-state index contributed by atoms with van der Waals surface area (Å²) in [7, 11) is 0. The van der Waals surface area contributed by atoms with Crippen LogP contribution in [0.25, 0.3) is 5.57 Å². The summed E-state index contributed by atoms with van der Waals surface area (Å²) in [4.78, 5) is 0. The van der Waals surface area contributed by atoms with Crippen molar-refractivity contribution in [3.05, 3.63) is 89.6 Å². The van der Waals surface area contributed by atoms with Gasteiger partial charge in [0.25, 0.3) is 0 Å². The summed E-state index contributed by atoms with van der Waals surface area (Å²) < 4.78 is 0. The maximum absolute atomic E-state index is 2.34. The highest BCUT2D eigenvalue weighted by Crippen LogP contribution is 2.27. The Bertz CT molecular complexity index is 592. The molecule has 0 saturated carbocycles. The highest BCUT2D eigenvalue weighted by Gasteiger charge is 2.06. The summed E-state index contributed by atoms with van der Waals surface area (Å²) in [5, 5.41) is 0. The molecule has 1 aromatic rings. The van der Waals surface area contributed by atoms with E-state index in [1.165, 1.54) is 28.7 Å². The standard InChI is InChI=1S/C19H18/c1-3-9-16(10-4-1)18-13-7-8-14-19(15-18)17-11-5-2-6-12-17/h1,3-5,8-15H,2,6-7H2. The Labute approximate surface area is 115 Å². The van der Waals surface area contributed by atoms with Gasteiger partial charge in [-0.2, -0.15) is 0 Å². The summed E-state index contributed by atoms with van der Waals surface area (Å²) in [6.07, 6.45) is 19.3. The first kappa shape index (κ1) is 12.0. The monoisotopic (exact) mass is 246 g/mol. The molecule has 2 aliphatic rings. The third-order valence-electron chi connectivity index (χ3n) is 3.52. The van der Waals surface area contributed by atoms with Gasteiger partial charge in [0, 0.05) is 0 Å². The first-order chi connectivity index (χ1) is 9.43. The Morgan fingerprint density at radius 2 is 1.53 bits per heavy atom. The van der Waals surface area contributed by atoms with E-state index in [2.05, 4.69) is 72.9 Å². The molecule has 0 spiro atoms. The van der Waals surface area contributed by atoms with Crippen LogP contribution in [0.15, 0.2) is 84.0 Å². The van der Waals surface area contributed by atoms with E-state index in [0.717, 1.165) is 12.8 Å². The fourth-order valence-corrected chi connectivity index (χ4v) is 2.50. The minimum absolute atomic E-state index is 1.00. The number of benzene rings is 1. The third kappa shape index (κ3) is 2.85. The van der Waals surface area contributed by atoms with Crippen LogP contribution in [0.4, 0.5) is 0 Å². The molecule has 0 saturated heterocycles. The van der Waals surface area contributed by atoms with E-state index in [0.29, 0.717) is 0 Å². The van der Waals surface area contributed by atoms with Gasteiger partial charge in [-0.1, -0.05) is 66.8 Å². The third-order valence-corrected chi connectivity index (χ3v) is 3.52. The lowest BCUT2D eigenvalue weighted by molar-refractivity contribution is 1.02. The summed E-state index contributed by atoms with van der Waals surface area (Å²) in [5.74, 6) is 0. The molecule has 0 radical (unpaired) electrons. The van der Waals surface area contributed by atoms with Crippen molar-refractivity contribution in [3.8, 4) is 0 Å². The lowest BCUT2D eigenvalue weighted by Gasteiger charge is -2.09. The molecule has 0 aromatic heterocycles. The minimum atomic E-state index is 1.00. The van der Waals surface area contributed by atoms with Crippen LogP contribution >= 0.6 is 0 Å². The van der Waals surface area contributed by atoms with Crippen molar-refractivity contribution < 1.29 is 0 Å². The van der Waals surface area contributed by atoms with E-state index < -0.39 is 0 Å². The van der Waals surface area contributed by atoms with Crippen LogP contribution in [0.1, 0.15) is 24.8 Å². The van der Waals surface area contributed by atoms with Crippen LogP contribution in [-0.2, 0) is 0 Å². The molecule has 94 valence electrons. The molecule has 0 bridgehead atoms. The normalized spacial score (nSPS) is 18.4. The molecule has 3 rings (SSSR count). The van der Waals surface area contributed by atoms with Crippen LogP contribution in [0.2, 0.25) is 0 Å². The van der Waals surface area contributed by atoms with Gasteiger partial charge in [0.05, 0.1) is 0 Å². The quantitative estimate of drug-likeness (QED) is 0.670. The van der Waals surface area contributed by atoms with Crippen molar-refractivity contribution >= 4 is 5.57 Å². The first-order valence-electron chi connectivity index (χ1n) is 6.94. The number of hydrogen-bond acceptors (Lipinski definition) is 0. The van der Waals surface area contributed by atoms with Crippen LogP contribution in [-0.4, -0.2) is 0 Å². The number of allylic oxidation sites excluding steroid dienone is 10. The van der Waals surface area contributed by atoms with Crippen molar-refractivity contribution in [2.45, 2.75) is 19.3 Å². The first-order valence-corrected chi connectivity index (χ1v) is 6.94. The zero-order chi connectivity index (χ0) is 12.9. The Morgan fingerprint density at radius 3 is 2.32 bits per heavy atom. The molecule has 0 nitrogen and oxygen atoms in total. The van der Waals surface area contributed by atoms with Gasteiger partial charge in [0.15, 0.2) is 0 Å². The molecule has 19 heavy (non-hydrogen) atoms. The van der Waals surface area contributed by atoms with Gasteiger partial charge in [-0.3, -0.25) is 0 Å². The average Bonchev–Trinajstić information content (AvgIpc) is 2.75.